The number of aromatic hydroxyl groups is 2. The van der Waals surface area contributed by atoms with Gasteiger partial charge in [-0.2, -0.15) is 0 Å². The summed E-state index contributed by atoms with van der Waals surface area (Å²) in [5, 5.41) is 30.6. The zero-order chi connectivity index (χ0) is 30.9. The first-order chi connectivity index (χ1) is 19.5. The van der Waals surface area contributed by atoms with E-state index in [2.05, 4.69) is 13.7 Å². The van der Waals surface area contributed by atoms with Crippen molar-refractivity contribution in [1.82, 2.24) is 5.32 Å². The fraction of sp³-hybridized carbons (Fsp3) is 0.133. The molecule has 0 spiro atoms. The van der Waals surface area contributed by atoms with Crippen molar-refractivity contribution in [2.75, 3.05) is 0 Å². The van der Waals surface area contributed by atoms with Gasteiger partial charge in [0.15, 0.2) is 0 Å². The van der Waals surface area contributed by atoms with Gasteiger partial charge in [0.1, 0.15) is 17.1 Å². The number of rotatable bonds is 5. The molecule has 2 atom stereocenters. The monoisotopic (exact) mass is 820 g/mol. The maximum atomic E-state index is 12.1. The molecule has 4 rings (SSSR count). The third kappa shape index (κ3) is 13.1. The van der Waals surface area contributed by atoms with Crippen LogP contribution in [0.4, 0.5) is 0 Å². The van der Waals surface area contributed by atoms with E-state index in [1.54, 1.807) is 0 Å². The van der Waals surface area contributed by atoms with Crippen LogP contribution in [-0.2, 0) is 0 Å². The Hall–Kier alpha value is -2.92. The van der Waals surface area contributed by atoms with Crippen molar-refractivity contribution in [2.24, 2.45) is 5.73 Å². The van der Waals surface area contributed by atoms with Gasteiger partial charge in [0.05, 0.1) is 11.6 Å². The summed E-state index contributed by atoms with van der Waals surface area (Å²) < 4.78 is 5.25. The van der Waals surface area contributed by atoms with E-state index in [9.17, 15) is 14.7 Å². The van der Waals surface area contributed by atoms with Crippen LogP contribution in [0, 0.1) is 31.1 Å². The van der Waals surface area contributed by atoms with Crippen LogP contribution < -0.4 is 11.1 Å². The molecule has 2 radical (unpaired) electrons. The molecule has 0 bridgehead atoms. The zero-order valence-corrected chi connectivity index (χ0v) is 28.1. The number of benzene rings is 4. The molecule has 0 saturated heterocycles. The van der Waals surface area contributed by atoms with E-state index in [0.29, 0.717) is 10.0 Å². The standard InChI is InChI=1S/C15H14ClNO2.C8H11N.C7H5ClO3.BH.U/c1-10(11-5-3-2-4-6-11)17-15(19)13-9-12(16)7-8-14(13)18;1-7(9)8-5-3-2-4-6-8;8-4-1-2-6(9)5(3-4)7(10)11;;/h2-10,18H,1H3,(H,17,19);2-7H,9H2,1H3;1-3,9H,(H,10,11);1H;/t;7-;;;/m.0.../s1/i;;;1T;. The molecule has 212 valence electrons. The van der Waals surface area contributed by atoms with E-state index in [0.717, 1.165) is 5.56 Å². The number of phenols is 2. The molecule has 7 nitrogen and oxygen atoms in total. The Morgan fingerprint density at radius 2 is 1.20 bits per heavy atom. The Kier molecular flexibility index (Phi) is 16.9. The number of aromatic carboxylic acids is 1. The fourth-order valence-electron chi connectivity index (χ4n) is 3.23. The minimum absolute atomic E-state index is 0. The van der Waals surface area contributed by atoms with Gasteiger partial charge < -0.3 is 26.4 Å². The number of carbonyl (C=O) groups excluding carboxylic acids is 1. The van der Waals surface area contributed by atoms with Gasteiger partial charge >= 0.3 is 5.97 Å². The smallest absolute Gasteiger partial charge is 0.339 e. The summed E-state index contributed by atoms with van der Waals surface area (Å²) in [7, 11) is 3.75. The first-order valence-electron chi connectivity index (χ1n) is 12.4. The molecule has 4 aromatic carbocycles. The molecular formula is C30H31BCl2N2O5U. The summed E-state index contributed by atoms with van der Waals surface area (Å²) in [6.07, 6.45) is 0. The molecule has 11 heteroatoms. The fourth-order valence-corrected chi connectivity index (χ4v) is 3.57. The van der Waals surface area contributed by atoms with Crippen LogP contribution in [0.1, 0.15) is 57.8 Å². The second-order valence-electron chi connectivity index (χ2n) is 8.43. The Labute approximate surface area is 277 Å². The van der Waals surface area contributed by atoms with Crippen LogP contribution >= 0.6 is 23.2 Å². The van der Waals surface area contributed by atoms with Crippen molar-refractivity contribution in [3.8, 4) is 11.5 Å². The van der Waals surface area contributed by atoms with Gasteiger partial charge in [-0.25, -0.2) is 4.79 Å². The summed E-state index contributed by atoms with van der Waals surface area (Å²) in [4.78, 5) is 22.4. The number of nitrogens with two attached hydrogens (primary N) is 1. The number of hydrogen-bond acceptors (Lipinski definition) is 5. The third-order valence-corrected chi connectivity index (χ3v) is 5.83. The molecule has 0 aliphatic heterocycles. The van der Waals surface area contributed by atoms with Gasteiger partial charge in [-0.15, -0.1) is 0 Å². The number of halogens is 2. The Balaban J connectivity index is 0.000000624. The maximum absolute atomic E-state index is 12.1. The first-order valence-corrected chi connectivity index (χ1v) is 12.6. The molecule has 0 aliphatic carbocycles. The Morgan fingerprint density at radius 1 is 0.780 bits per heavy atom. The second kappa shape index (κ2) is 19.2. The van der Waals surface area contributed by atoms with Crippen LogP contribution in [0.5, 0.6) is 11.5 Å². The van der Waals surface area contributed by atoms with E-state index in [-0.39, 0.29) is 71.7 Å². The van der Waals surface area contributed by atoms with Crippen LogP contribution in [0.3, 0.4) is 0 Å². The van der Waals surface area contributed by atoms with Crippen LogP contribution in [0.15, 0.2) is 97.1 Å². The summed E-state index contributed by atoms with van der Waals surface area (Å²) in [6, 6.07) is 27.9. The molecular weight excluding hydrogens is 788 g/mol. The normalized spacial score (nSPS) is 11.1. The predicted molar refractivity (Wildman–Crippen MR) is 162 cm³/mol. The third-order valence-electron chi connectivity index (χ3n) is 5.36. The van der Waals surface area contributed by atoms with Crippen molar-refractivity contribution in [3.63, 3.8) is 0 Å². The molecule has 0 saturated carbocycles. The molecule has 4 aromatic rings. The number of hydrogen-bond donors (Lipinski definition) is 5. The molecule has 1 unspecified atom stereocenters. The molecule has 0 aliphatic rings. The topological polar surface area (TPSA) is 133 Å². The van der Waals surface area contributed by atoms with Gasteiger partial charge in [0, 0.05) is 55.6 Å². The molecule has 6 N–H and O–H groups in total. The van der Waals surface area contributed by atoms with Crippen LogP contribution in [0.2, 0.25) is 10.0 Å². The van der Waals surface area contributed by atoms with Gasteiger partial charge in [-0.05, 0) is 62.7 Å². The molecule has 1 amide bonds. The number of nitrogens with one attached hydrogen (secondary N) is 1. The van der Waals surface area contributed by atoms with Gasteiger partial charge in [0.2, 0.25) is 0 Å². The quantitative estimate of drug-likeness (QED) is 0.150. The Bertz CT molecular complexity index is 1390. The van der Waals surface area contributed by atoms with E-state index in [4.69, 9.17) is 40.5 Å². The summed E-state index contributed by atoms with van der Waals surface area (Å²) >= 11 is 11.3. The van der Waals surface area contributed by atoms with Gasteiger partial charge in [0.25, 0.3) is 5.91 Å². The largest absolute Gasteiger partial charge is 0.507 e. The van der Waals surface area contributed by atoms with E-state index >= 15 is 0 Å². The van der Waals surface area contributed by atoms with Gasteiger partial charge in [-0.1, -0.05) is 83.9 Å². The summed E-state index contributed by atoms with van der Waals surface area (Å²) in [5.41, 5.74) is 7.80. The summed E-state index contributed by atoms with van der Waals surface area (Å²) in [5.74, 6) is -1.90. The van der Waals surface area contributed by atoms with Crippen LogP contribution in [-0.4, -0.2) is 36.9 Å². The van der Waals surface area contributed by atoms with Crippen molar-refractivity contribution in [1.29, 1.82) is 1.34 Å². The average molecular weight is 821 g/mol. The van der Waals surface area contributed by atoms with Gasteiger partial charge in [-0.3, -0.25) is 4.79 Å². The predicted octanol–water partition coefficient (Wildman–Crippen LogP) is 6.34. The summed E-state index contributed by atoms with van der Waals surface area (Å²) in [6.45, 7) is 3.87. The number of phenolic OH excluding ortho intramolecular Hbond substituents is 1. The maximum Gasteiger partial charge on any atom is 0.339 e. The molecule has 41 heavy (non-hydrogen) atoms. The van der Waals surface area contributed by atoms with E-state index < -0.39 is 5.97 Å². The number of carboxylic acid groups (broad SMARTS) is 1. The van der Waals surface area contributed by atoms with E-state index in [1.165, 1.54) is 42.0 Å². The molecule has 0 heterocycles. The van der Waals surface area contributed by atoms with Crippen molar-refractivity contribution >= 4 is 43.5 Å². The van der Waals surface area contributed by atoms with Crippen molar-refractivity contribution in [2.45, 2.75) is 25.9 Å². The number of carbonyl (C=O) groups is 2. The SMILES string of the molecule is CC(NC(=O)c1cc(Cl)ccc1O)c1ccccc1.C[C@H](N)c1ccccc1.O=C(O)c1cc(Cl)ccc1O.[3H][B].[U]. The molecule has 0 aromatic heterocycles. The minimum atomic E-state index is -1.19. The number of carboxylic acids is 1. The molecule has 0 fully saturated rings. The van der Waals surface area contributed by atoms with Crippen LogP contribution in [0.25, 0.3) is 0 Å². The van der Waals surface area contributed by atoms with Crippen molar-refractivity contribution in [3.05, 3.63) is 129 Å². The minimum Gasteiger partial charge on any atom is -0.507 e. The first kappa shape index (κ1) is 36.1. The second-order valence-corrected chi connectivity index (χ2v) is 9.31. The van der Waals surface area contributed by atoms with E-state index in [1.807, 2.05) is 74.5 Å². The van der Waals surface area contributed by atoms with Crippen molar-refractivity contribution < 1.29 is 56.0 Å². The number of amides is 1. The Morgan fingerprint density at radius 3 is 1.59 bits per heavy atom. The average Bonchev–Trinajstić information content (AvgIpc) is 2.98. The zero-order valence-electron chi connectivity index (χ0n) is 23.5.